The van der Waals surface area contributed by atoms with Crippen LogP contribution in [0, 0.1) is 69.8 Å². The molecule has 11 rings (SSSR count). The molecule has 726 valence electrons. The molecule has 0 radical (unpaired) electrons. The van der Waals surface area contributed by atoms with Gasteiger partial charge in [-0.05, 0) is 121 Å². The Morgan fingerprint density at radius 3 is 1.38 bits per heavy atom. The first-order valence-electron chi connectivity index (χ1n) is 41.9. The van der Waals surface area contributed by atoms with E-state index in [0.717, 1.165) is 108 Å². The number of aromatic nitrogens is 2. The monoisotopic (exact) mass is 1890 g/mol. The van der Waals surface area contributed by atoms with Gasteiger partial charge in [-0.2, -0.15) is 0 Å². The quantitative estimate of drug-likeness (QED) is 0.00401. The predicted octanol–water partition coefficient (Wildman–Crippen LogP) is 7.24. The number of anilines is 5. The number of esters is 1. The van der Waals surface area contributed by atoms with Gasteiger partial charge in [0.1, 0.15) is 41.4 Å². The predicted molar refractivity (Wildman–Crippen MR) is 496 cm³/mol. The van der Waals surface area contributed by atoms with Crippen LogP contribution in [0.15, 0.2) is 164 Å². The summed E-state index contributed by atoms with van der Waals surface area (Å²) in [6.45, 7) is 16.3. The van der Waals surface area contributed by atoms with Crippen LogP contribution >= 0.6 is 0 Å². The number of nitro benzene ring substituents is 1. The molecule has 3 aliphatic heterocycles. The van der Waals surface area contributed by atoms with Crippen LogP contribution in [0.5, 0.6) is 0 Å². The van der Waals surface area contributed by atoms with E-state index in [1.165, 1.54) is 67.8 Å². The molecule has 6 amide bonds. The maximum absolute atomic E-state index is 14.0. The fraction of sp³-hybridized carbons (Fsp3) is 0.326. The van der Waals surface area contributed by atoms with Crippen LogP contribution < -0.4 is 68.7 Å². The van der Waals surface area contributed by atoms with Gasteiger partial charge in [0.15, 0.2) is 0 Å². The number of nitrogens with one attached hydrogen (secondary N) is 8. The maximum atomic E-state index is 14.0. The first-order valence-corrected chi connectivity index (χ1v) is 41.9. The molecular formula is C92H109BF5N17O21. The van der Waals surface area contributed by atoms with Gasteiger partial charge in [0.2, 0.25) is 11.8 Å². The van der Waals surface area contributed by atoms with E-state index in [1.54, 1.807) is 42.6 Å². The van der Waals surface area contributed by atoms with Crippen LogP contribution in [-0.4, -0.2) is 248 Å². The number of rotatable bonds is 30. The number of nitrogens with zero attached hydrogens (tertiary/aromatic N) is 7. The molecule has 5 heterocycles. The summed E-state index contributed by atoms with van der Waals surface area (Å²) >= 11 is 0. The van der Waals surface area contributed by atoms with Crippen molar-refractivity contribution in [1.82, 2.24) is 57.4 Å². The molecule has 0 aliphatic carbocycles. The molecule has 3 aliphatic rings. The van der Waals surface area contributed by atoms with Gasteiger partial charge in [-0.15, -0.1) is 18.8 Å². The number of aromatic carboxylic acids is 2. The third-order valence-electron chi connectivity index (χ3n) is 19.7. The van der Waals surface area contributed by atoms with E-state index in [-0.39, 0.29) is 54.9 Å². The normalized spacial score (nSPS) is 13.0. The average Bonchev–Trinajstić information content (AvgIpc) is 0.816. The number of halogens is 5. The number of non-ortho nitro benzene ring substituents is 1. The molecule has 44 heteroatoms. The van der Waals surface area contributed by atoms with Gasteiger partial charge in [0, 0.05) is 125 Å². The largest absolute Gasteiger partial charge is 0.481 e. The number of carboxylic acids is 5. The minimum Gasteiger partial charge on any atom is -0.481 e. The summed E-state index contributed by atoms with van der Waals surface area (Å²) in [5.74, 6) is -8.54. The zero-order valence-electron chi connectivity index (χ0n) is 74.9. The Bertz CT molecular complexity index is 5460. The number of ether oxygens (including phenoxy) is 1. The van der Waals surface area contributed by atoms with Crippen molar-refractivity contribution >= 4 is 113 Å². The summed E-state index contributed by atoms with van der Waals surface area (Å²) in [6.07, 6.45) is 19.0. The number of hydrogen-bond acceptors (Lipinski definition) is 26. The van der Waals surface area contributed by atoms with E-state index < -0.39 is 148 Å². The number of carbonyl (C=O) groups is 12. The third kappa shape index (κ3) is 41.3. The van der Waals surface area contributed by atoms with Crippen LogP contribution in [0.3, 0.4) is 0 Å². The number of hydrogen-bond donors (Lipinski definition) is 15. The number of nitro groups is 1. The molecule has 38 nitrogen and oxygen atoms in total. The summed E-state index contributed by atoms with van der Waals surface area (Å²) in [5.41, 5.74) is 13.8. The van der Waals surface area contributed by atoms with Crippen molar-refractivity contribution in [2.45, 2.75) is 71.4 Å². The Labute approximate surface area is 781 Å². The van der Waals surface area contributed by atoms with Gasteiger partial charge < -0.3 is 88.8 Å². The third-order valence-corrected chi connectivity index (χ3v) is 19.7. The molecule has 0 unspecified atom stereocenters. The number of terminal acetylenes is 2. The first kappa shape index (κ1) is 112. The molecule has 3 fully saturated rings. The second-order valence-corrected chi connectivity index (χ2v) is 29.5. The molecular weight excluding hydrogens is 1780 g/mol. The Kier molecular flexibility index (Phi) is 49.9. The van der Waals surface area contributed by atoms with Gasteiger partial charge in [-0.25, -0.2) is 27.2 Å². The van der Waals surface area contributed by atoms with Crippen molar-refractivity contribution in [3.8, 4) is 24.7 Å². The first-order chi connectivity index (χ1) is 64.8. The van der Waals surface area contributed by atoms with Crippen LogP contribution in [0.2, 0.25) is 0 Å². The topological polar surface area (TPSA) is 562 Å². The van der Waals surface area contributed by atoms with Crippen molar-refractivity contribution in [3.05, 3.63) is 248 Å². The number of pyridine rings is 2. The van der Waals surface area contributed by atoms with Crippen molar-refractivity contribution in [2.75, 3.05) is 144 Å². The Balaban J connectivity index is 0.000000419. The number of methoxy groups -OCH3 is 1. The number of piperazine rings is 3. The molecule has 0 spiro atoms. The standard InChI is InChI=1S/C21H25N5O4.C18H21FN4O4.C14H17BFN3O4.C10H11FN2O3.C9H13N.C7H4FNO4.C7H6FNO2.C6H10.H2/c27-19(25-18(12-20(28)29)16-4-2-6-23-13-16)14-24-21(30)15-3-1-5-17(11-15)26-9-7-22-8-10-26;1-2-12(9-17(25)26)22-16(24)11-21-18(27)14-10-13(3-4-15(14)19)23-7-5-20-6-8-23;16-12-2-1-10(7-11(12)14(22)17-8-13(20)21)19-5-3-18(4-6-19)9-15-23;1-16-9(14)5-13-10(15)7-4-6(12)2-3-8(7)11;1-3-8(2)9-5-4-6-10-7-9;8-6-2-1-4(9(12)13)3-5(6)7(10)11;8-6-2-1-4(9)3-5(6)7(10)11;1-4-6(3)5-2;/h1-6,11,13,18,22H,7-10,12,14H2,(H,24,30)(H,25,27)(H,28,29);1,3-4,10,12,20H,5-9,11H2,(H,21,27)(H,22,24)(H,25,26);1-2,7H,3-6,8-9H2,(H,17,22)(H,20,21);2-4H,5,12H2,1H3,(H,13,15);4-8H,3H2,1-2H3;1-3H,(H,10,11);1-3H,9H2,(H,10,11);1,6H,5H2,2-3H3;1H/t18-;12-;;;8-;;;6-;/m01..0..1./s1. The van der Waals surface area contributed by atoms with E-state index in [4.69, 9.17) is 49.8 Å². The fourth-order valence-corrected chi connectivity index (χ4v) is 11.9. The van der Waals surface area contributed by atoms with Gasteiger partial charge in [-0.1, -0.05) is 51.8 Å². The zero-order valence-corrected chi connectivity index (χ0v) is 74.9. The van der Waals surface area contributed by atoms with E-state index in [2.05, 4.69) is 101 Å². The minimum absolute atomic E-state index is 0. The van der Waals surface area contributed by atoms with Crippen LogP contribution in [0.1, 0.15) is 140 Å². The molecule has 8 aromatic rings. The van der Waals surface area contributed by atoms with Crippen LogP contribution in [-0.2, 0) is 38.2 Å². The number of benzene rings is 6. The van der Waals surface area contributed by atoms with E-state index >= 15 is 0 Å². The SMILES string of the molecule is C#C[C@@H](C)CC.C#C[C@H](CC(=O)O)NC(=O)CNC(=O)c1cc(N2CCNCC2)ccc1F.CC[C@H](C)c1cccnc1.COC(=O)CNC(=O)c1cc(N)ccc1F.Nc1ccc(F)c(C(=O)O)c1.O=BCN1CCN(c2ccc(F)c(C(=O)NCC(=O)O)c2)CC1.O=C(O)C[C@H](NC(=O)CNC(=O)c1cccc(N2CCNCC2)c1)c1cccnc1.O=C(O)c1cc([N+](=O)[O-])ccc1F.[HH]. The van der Waals surface area contributed by atoms with Gasteiger partial charge >= 0.3 is 152 Å². The fourth-order valence-electron chi connectivity index (χ4n) is 11.9. The van der Waals surface area contributed by atoms with E-state index in [0.29, 0.717) is 67.3 Å². The van der Waals surface area contributed by atoms with Gasteiger partial charge in [0.05, 0.1) is 60.7 Å². The Morgan fingerprint density at radius 1 is 0.515 bits per heavy atom. The Hall–Kier alpha value is -15.8. The molecule has 2 aromatic heterocycles. The second kappa shape index (κ2) is 60.3. The van der Waals surface area contributed by atoms with Crippen LogP contribution in [0.25, 0.3) is 0 Å². The smallest absolute Gasteiger partial charge is 0.338 e. The van der Waals surface area contributed by atoms with Crippen molar-refractivity contribution < 1.29 is 121 Å². The number of amides is 6. The summed E-state index contributed by atoms with van der Waals surface area (Å²) in [6, 6.07) is 30.9. The van der Waals surface area contributed by atoms with E-state index in [1.807, 2.05) is 52.2 Å². The molecule has 6 aromatic carbocycles. The molecule has 4 atom stereocenters. The summed E-state index contributed by atoms with van der Waals surface area (Å²) in [5, 5.41) is 74.1. The summed E-state index contributed by atoms with van der Waals surface area (Å²) in [7, 11) is 2.05. The van der Waals surface area contributed by atoms with Crippen molar-refractivity contribution in [1.29, 1.82) is 0 Å². The number of aliphatic carboxylic acids is 3. The average molecular weight is 1890 g/mol. The van der Waals surface area contributed by atoms with Crippen LogP contribution in [0.4, 0.5) is 56.1 Å². The molecule has 17 N–H and O–H groups in total. The number of carboxylic acid groups (broad SMARTS) is 5. The zero-order chi connectivity index (χ0) is 101. The number of nitrogen functional groups attached to an aromatic ring is 2. The Morgan fingerprint density at radius 2 is 0.949 bits per heavy atom. The number of nitrogens with two attached hydrogens (primary N) is 2. The van der Waals surface area contributed by atoms with Gasteiger partial charge in [-0.3, -0.25) is 63.2 Å². The minimum atomic E-state index is -1.53. The van der Waals surface area contributed by atoms with E-state index in [9.17, 15) is 94.3 Å². The number of carbonyl (C=O) groups excluding carboxylic acids is 7. The van der Waals surface area contributed by atoms with Crippen molar-refractivity contribution in [3.63, 3.8) is 0 Å². The van der Waals surface area contributed by atoms with Crippen molar-refractivity contribution in [2.24, 2.45) is 5.92 Å². The summed E-state index contributed by atoms with van der Waals surface area (Å²) < 4.78 is 81.1. The van der Waals surface area contributed by atoms with Gasteiger partial charge in [0.25, 0.3) is 23.4 Å². The second-order valence-electron chi connectivity index (χ2n) is 29.5. The molecule has 0 saturated carbocycles. The molecule has 3 saturated heterocycles. The molecule has 136 heavy (non-hydrogen) atoms. The molecule has 0 bridgehead atoms. The maximum Gasteiger partial charge on any atom is 0.338 e. The summed E-state index contributed by atoms with van der Waals surface area (Å²) in [4.78, 5) is 161.